The van der Waals surface area contributed by atoms with Crippen LogP contribution >= 0.6 is 0 Å². The van der Waals surface area contributed by atoms with Crippen LogP contribution in [0, 0.1) is 0 Å². The SMILES string of the molecule is c1ccc(-c2ccc3ccc4ccc(-c5ccc(-c6ccc7c(c6)-c6ccccc6[Si]7(c6ccccc6)c6ccccc6)cc5)nc4c3n2)cc1. The summed E-state index contributed by atoms with van der Waals surface area (Å²) in [4.78, 5) is 10.3. The molecular weight excluding hydrogens is 633 g/mol. The van der Waals surface area contributed by atoms with Crippen LogP contribution < -0.4 is 20.7 Å². The van der Waals surface area contributed by atoms with Crippen LogP contribution in [0.3, 0.4) is 0 Å². The maximum Gasteiger partial charge on any atom is 0.180 e. The van der Waals surface area contributed by atoms with Crippen molar-refractivity contribution in [3.8, 4) is 44.8 Å². The van der Waals surface area contributed by atoms with E-state index in [2.05, 4.69) is 188 Å². The number of pyridine rings is 2. The Hall–Kier alpha value is -6.42. The number of benzene rings is 7. The summed E-state index contributed by atoms with van der Waals surface area (Å²) in [5, 5.41) is 7.93. The molecule has 51 heavy (non-hydrogen) atoms. The first-order chi connectivity index (χ1) is 25.3. The van der Waals surface area contributed by atoms with E-state index in [1.165, 1.54) is 43.0 Å². The van der Waals surface area contributed by atoms with Gasteiger partial charge in [0.25, 0.3) is 0 Å². The van der Waals surface area contributed by atoms with Crippen molar-refractivity contribution in [2.75, 3.05) is 0 Å². The van der Waals surface area contributed by atoms with Crippen molar-refractivity contribution in [1.29, 1.82) is 0 Å². The second-order valence-electron chi connectivity index (χ2n) is 13.3. The highest BCUT2D eigenvalue weighted by molar-refractivity contribution is 7.22. The van der Waals surface area contributed by atoms with E-state index in [0.717, 1.165) is 44.3 Å². The van der Waals surface area contributed by atoms with Crippen molar-refractivity contribution in [3.05, 3.63) is 194 Å². The molecule has 238 valence electrons. The van der Waals surface area contributed by atoms with Crippen LogP contribution in [-0.2, 0) is 0 Å². The average molecular weight is 665 g/mol. The largest absolute Gasteiger partial charge is 0.245 e. The summed E-state index contributed by atoms with van der Waals surface area (Å²) in [6.45, 7) is 0. The molecule has 2 nitrogen and oxygen atoms in total. The maximum atomic E-state index is 5.20. The zero-order valence-corrected chi connectivity index (χ0v) is 28.9. The highest BCUT2D eigenvalue weighted by Crippen LogP contribution is 2.34. The number of nitrogens with zero attached hydrogens (tertiary/aromatic N) is 2. The van der Waals surface area contributed by atoms with Crippen LogP contribution in [0.1, 0.15) is 0 Å². The van der Waals surface area contributed by atoms with Gasteiger partial charge in [0, 0.05) is 21.9 Å². The lowest BCUT2D eigenvalue weighted by atomic mass is 9.98. The van der Waals surface area contributed by atoms with Crippen LogP contribution in [0.5, 0.6) is 0 Å². The molecule has 0 amide bonds. The molecule has 1 aliphatic heterocycles. The highest BCUT2D eigenvalue weighted by atomic mass is 28.3. The fourth-order valence-corrected chi connectivity index (χ4v) is 13.3. The highest BCUT2D eigenvalue weighted by Gasteiger charge is 2.48. The van der Waals surface area contributed by atoms with Gasteiger partial charge in [-0.2, -0.15) is 0 Å². The molecule has 7 aromatic carbocycles. The van der Waals surface area contributed by atoms with E-state index in [9.17, 15) is 0 Å². The smallest absolute Gasteiger partial charge is 0.180 e. The first kappa shape index (κ1) is 29.5. The Labute approximate surface area is 298 Å². The zero-order valence-electron chi connectivity index (χ0n) is 27.9. The third-order valence-electron chi connectivity index (χ3n) is 10.6. The van der Waals surface area contributed by atoms with Crippen LogP contribution in [0.15, 0.2) is 194 Å². The van der Waals surface area contributed by atoms with Crippen molar-refractivity contribution < 1.29 is 0 Å². The summed E-state index contributed by atoms with van der Waals surface area (Å²) in [7, 11) is -2.48. The lowest BCUT2D eigenvalue weighted by Gasteiger charge is -2.31. The molecule has 0 N–H and O–H groups in total. The molecule has 0 bridgehead atoms. The van der Waals surface area contributed by atoms with Crippen LogP contribution in [0.4, 0.5) is 0 Å². The number of aromatic nitrogens is 2. The van der Waals surface area contributed by atoms with Crippen molar-refractivity contribution in [2.45, 2.75) is 0 Å². The Kier molecular flexibility index (Phi) is 6.86. The molecule has 1 aliphatic rings. The van der Waals surface area contributed by atoms with Gasteiger partial charge in [-0.05, 0) is 61.2 Å². The van der Waals surface area contributed by atoms with Gasteiger partial charge in [-0.1, -0.05) is 176 Å². The third-order valence-corrected chi connectivity index (χ3v) is 15.4. The van der Waals surface area contributed by atoms with Gasteiger partial charge in [0.05, 0.1) is 22.4 Å². The Morgan fingerprint density at radius 3 is 1.37 bits per heavy atom. The van der Waals surface area contributed by atoms with E-state index in [-0.39, 0.29) is 0 Å². The van der Waals surface area contributed by atoms with Gasteiger partial charge in [-0.25, -0.2) is 9.97 Å². The van der Waals surface area contributed by atoms with E-state index in [1.54, 1.807) is 0 Å². The molecule has 10 rings (SSSR count). The van der Waals surface area contributed by atoms with Crippen molar-refractivity contribution in [3.63, 3.8) is 0 Å². The van der Waals surface area contributed by atoms with Gasteiger partial charge in [-0.3, -0.25) is 0 Å². The zero-order chi connectivity index (χ0) is 33.8. The number of hydrogen-bond acceptors (Lipinski definition) is 2. The maximum absolute atomic E-state index is 5.20. The van der Waals surface area contributed by atoms with Gasteiger partial charge >= 0.3 is 0 Å². The monoisotopic (exact) mass is 664 g/mol. The van der Waals surface area contributed by atoms with Gasteiger partial charge in [-0.15, -0.1) is 0 Å². The van der Waals surface area contributed by atoms with E-state index >= 15 is 0 Å². The van der Waals surface area contributed by atoms with Gasteiger partial charge < -0.3 is 0 Å². The number of hydrogen-bond donors (Lipinski definition) is 0. The molecule has 9 aromatic rings. The minimum atomic E-state index is -2.48. The summed E-state index contributed by atoms with van der Waals surface area (Å²) < 4.78 is 0. The Balaban J connectivity index is 1.06. The van der Waals surface area contributed by atoms with Gasteiger partial charge in [0.1, 0.15) is 0 Å². The van der Waals surface area contributed by atoms with Crippen molar-refractivity contribution in [2.24, 2.45) is 0 Å². The quantitative estimate of drug-likeness (QED) is 0.136. The summed E-state index contributed by atoms with van der Waals surface area (Å²) >= 11 is 0. The van der Waals surface area contributed by atoms with Crippen LogP contribution in [0.2, 0.25) is 0 Å². The van der Waals surface area contributed by atoms with Gasteiger partial charge in [0.2, 0.25) is 0 Å². The van der Waals surface area contributed by atoms with Crippen molar-refractivity contribution >= 4 is 50.6 Å². The molecule has 0 saturated heterocycles. The second-order valence-corrected chi connectivity index (χ2v) is 17.1. The molecule has 0 saturated carbocycles. The first-order valence-electron chi connectivity index (χ1n) is 17.5. The predicted octanol–water partition coefficient (Wildman–Crippen LogP) is 9.14. The molecule has 0 aliphatic carbocycles. The topological polar surface area (TPSA) is 25.8 Å². The summed E-state index contributed by atoms with van der Waals surface area (Å²) in [6.07, 6.45) is 0. The van der Waals surface area contributed by atoms with Crippen LogP contribution in [0.25, 0.3) is 66.6 Å². The van der Waals surface area contributed by atoms with Crippen LogP contribution in [-0.4, -0.2) is 18.0 Å². The molecule has 2 aromatic heterocycles. The number of fused-ring (bicyclic) bond motifs is 6. The van der Waals surface area contributed by atoms with E-state index in [1.807, 2.05) is 6.07 Å². The molecule has 3 heteroatoms. The normalized spacial score (nSPS) is 12.9. The molecular formula is C48H32N2Si. The third kappa shape index (κ3) is 4.70. The molecule has 0 fully saturated rings. The van der Waals surface area contributed by atoms with E-state index in [4.69, 9.17) is 9.97 Å². The molecule has 0 radical (unpaired) electrons. The standard InChI is InChI=1S/C48H32N2Si/c1-4-12-34(13-5-1)43-29-26-36-24-25-37-27-30-44(50-48(37)47(36)49-43)35-22-20-33(21-23-35)38-28-31-46-42(32-38)41-18-10-11-19-45(41)51(46,39-14-6-2-7-15-39)40-16-8-3-9-17-40/h1-32H. The summed E-state index contributed by atoms with van der Waals surface area (Å²) in [5.41, 5.74) is 11.0. The summed E-state index contributed by atoms with van der Waals surface area (Å²) in [6, 6.07) is 70.6. The molecule has 0 unspecified atom stereocenters. The second kappa shape index (κ2) is 11.9. The van der Waals surface area contributed by atoms with E-state index in [0.29, 0.717) is 0 Å². The van der Waals surface area contributed by atoms with Gasteiger partial charge in [0.15, 0.2) is 8.07 Å². The van der Waals surface area contributed by atoms with Crippen molar-refractivity contribution in [1.82, 2.24) is 9.97 Å². The minimum Gasteiger partial charge on any atom is -0.245 e. The Morgan fingerprint density at radius 2 is 0.765 bits per heavy atom. The predicted molar refractivity (Wildman–Crippen MR) is 216 cm³/mol. The van der Waals surface area contributed by atoms with E-state index < -0.39 is 8.07 Å². The molecule has 3 heterocycles. The molecule has 0 spiro atoms. The number of rotatable bonds is 5. The summed E-state index contributed by atoms with van der Waals surface area (Å²) in [5.74, 6) is 0. The Bertz CT molecular complexity index is 2680. The fraction of sp³-hybridized carbons (Fsp3) is 0. The average Bonchev–Trinajstić information content (AvgIpc) is 3.52. The lowest BCUT2D eigenvalue weighted by molar-refractivity contribution is 1.36. The fourth-order valence-electron chi connectivity index (χ4n) is 8.16. The minimum absolute atomic E-state index is 0.925. The first-order valence-corrected chi connectivity index (χ1v) is 19.5. The Morgan fingerprint density at radius 1 is 0.314 bits per heavy atom. The molecule has 0 atom stereocenters. The lowest BCUT2D eigenvalue weighted by Crippen LogP contribution is -2.72.